The molecule has 152 valence electrons. The van der Waals surface area contributed by atoms with Crippen molar-refractivity contribution in [2.75, 3.05) is 24.2 Å². The summed E-state index contributed by atoms with van der Waals surface area (Å²) in [7, 11) is -2.01. The van der Waals surface area contributed by atoms with Crippen molar-refractivity contribution in [2.45, 2.75) is 33.2 Å². The monoisotopic (exact) mass is 404 g/mol. The molecule has 0 aromatic heterocycles. The highest BCUT2D eigenvalue weighted by Gasteiger charge is 2.23. The topological polar surface area (TPSA) is 75.7 Å². The van der Waals surface area contributed by atoms with E-state index in [4.69, 9.17) is 4.74 Å². The van der Waals surface area contributed by atoms with Crippen molar-refractivity contribution < 1.29 is 17.9 Å². The molecule has 2 rings (SSSR count). The van der Waals surface area contributed by atoms with Crippen LogP contribution in [0.4, 0.5) is 5.69 Å². The maximum Gasteiger partial charge on any atom is 0.241 e. The maximum atomic E-state index is 12.7. The first-order valence-corrected chi connectivity index (χ1v) is 11.0. The number of amides is 1. The van der Waals surface area contributed by atoms with E-state index in [1.165, 1.54) is 0 Å². The van der Waals surface area contributed by atoms with Gasteiger partial charge in [-0.15, -0.1) is 0 Å². The first kappa shape index (κ1) is 21.8. The minimum Gasteiger partial charge on any atom is -0.497 e. The van der Waals surface area contributed by atoms with E-state index in [0.29, 0.717) is 12.1 Å². The molecule has 1 N–H and O–H groups in total. The molecule has 0 saturated carbocycles. The first-order chi connectivity index (χ1) is 13.1. The highest BCUT2D eigenvalue weighted by atomic mass is 32.2. The Morgan fingerprint density at radius 2 is 1.68 bits per heavy atom. The second-order valence-electron chi connectivity index (χ2n) is 6.92. The average Bonchev–Trinajstić information content (AvgIpc) is 2.62. The number of benzene rings is 2. The van der Waals surface area contributed by atoms with Crippen molar-refractivity contribution in [3.8, 4) is 5.75 Å². The third-order valence-corrected chi connectivity index (χ3v) is 5.58. The largest absolute Gasteiger partial charge is 0.497 e. The summed E-state index contributed by atoms with van der Waals surface area (Å²) in [5.41, 5.74) is 3.31. The second kappa shape index (κ2) is 9.10. The van der Waals surface area contributed by atoms with Gasteiger partial charge < -0.3 is 10.1 Å². The van der Waals surface area contributed by atoms with E-state index in [2.05, 4.69) is 5.32 Å². The molecule has 1 amide bonds. The number of methoxy groups -OCH3 is 1. The average molecular weight is 405 g/mol. The van der Waals surface area contributed by atoms with Crippen molar-refractivity contribution >= 4 is 21.6 Å². The number of sulfonamides is 1. The number of hydrogen-bond acceptors (Lipinski definition) is 4. The van der Waals surface area contributed by atoms with Gasteiger partial charge in [-0.2, -0.15) is 0 Å². The summed E-state index contributed by atoms with van der Waals surface area (Å²) in [6.07, 6.45) is 1.79. The minimum atomic E-state index is -3.61. The highest BCUT2D eigenvalue weighted by molar-refractivity contribution is 7.92. The molecule has 1 atom stereocenters. The predicted molar refractivity (Wildman–Crippen MR) is 112 cm³/mol. The number of rotatable bonds is 8. The molecule has 0 aliphatic carbocycles. The summed E-state index contributed by atoms with van der Waals surface area (Å²) >= 11 is 0. The molecule has 0 unspecified atom stereocenters. The number of ether oxygens (including phenoxy) is 1. The molecule has 0 bridgehead atoms. The Hall–Kier alpha value is -2.54. The lowest BCUT2D eigenvalue weighted by molar-refractivity contribution is -0.120. The van der Waals surface area contributed by atoms with Crippen LogP contribution in [0.3, 0.4) is 0 Å². The molecule has 0 saturated heterocycles. The molecule has 2 aromatic rings. The van der Waals surface area contributed by atoms with E-state index >= 15 is 0 Å². The van der Waals surface area contributed by atoms with Gasteiger partial charge in [0.15, 0.2) is 0 Å². The van der Waals surface area contributed by atoms with Crippen LogP contribution in [0.2, 0.25) is 0 Å². The number of aryl methyl sites for hydroxylation is 2. The Labute approximate surface area is 167 Å². The standard InChI is InChI=1S/C21H28N2O4S/c1-6-20(17-7-9-19(27-4)10-8-17)22-21(24)14-23(28(5,25)26)18-12-15(2)11-16(3)13-18/h7-13,20H,6,14H2,1-5H3,(H,22,24)/t20-/m0/s1. The molecule has 0 aliphatic heterocycles. The van der Waals surface area contributed by atoms with Crippen LogP contribution in [0.25, 0.3) is 0 Å². The zero-order valence-corrected chi connectivity index (χ0v) is 17.8. The number of nitrogens with zero attached hydrogens (tertiary/aromatic N) is 1. The summed E-state index contributed by atoms with van der Waals surface area (Å²) in [5.74, 6) is 0.384. The van der Waals surface area contributed by atoms with Crippen LogP contribution in [0.1, 0.15) is 36.1 Å². The molecular formula is C21H28N2O4S. The number of carbonyl (C=O) groups excluding carboxylic acids is 1. The van der Waals surface area contributed by atoms with Crippen molar-refractivity contribution in [1.29, 1.82) is 0 Å². The lowest BCUT2D eigenvalue weighted by Gasteiger charge is -2.25. The van der Waals surface area contributed by atoms with E-state index in [1.807, 2.05) is 51.1 Å². The van der Waals surface area contributed by atoms with Crippen LogP contribution in [0.15, 0.2) is 42.5 Å². The zero-order valence-electron chi connectivity index (χ0n) is 17.0. The third kappa shape index (κ3) is 5.73. The maximum absolute atomic E-state index is 12.7. The van der Waals surface area contributed by atoms with E-state index < -0.39 is 10.0 Å². The lowest BCUT2D eigenvalue weighted by Crippen LogP contribution is -2.41. The van der Waals surface area contributed by atoms with E-state index in [0.717, 1.165) is 33.0 Å². The van der Waals surface area contributed by atoms with Crippen LogP contribution < -0.4 is 14.4 Å². The van der Waals surface area contributed by atoms with E-state index in [-0.39, 0.29) is 18.5 Å². The smallest absolute Gasteiger partial charge is 0.241 e. The Morgan fingerprint density at radius 3 is 2.14 bits per heavy atom. The van der Waals surface area contributed by atoms with Crippen LogP contribution in [0.5, 0.6) is 5.75 Å². The van der Waals surface area contributed by atoms with Gasteiger partial charge in [0.1, 0.15) is 12.3 Å². The van der Waals surface area contributed by atoms with Crippen LogP contribution in [-0.2, 0) is 14.8 Å². The molecule has 0 aliphatic rings. The van der Waals surface area contributed by atoms with Crippen molar-refractivity contribution in [3.05, 3.63) is 59.2 Å². The van der Waals surface area contributed by atoms with Gasteiger partial charge in [-0.05, 0) is 61.2 Å². The normalized spacial score (nSPS) is 12.3. The molecule has 7 heteroatoms. The molecule has 2 aromatic carbocycles. The van der Waals surface area contributed by atoms with Gasteiger partial charge in [0.05, 0.1) is 25.1 Å². The van der Waals surface area contributed by atoms with Gasteiger partial charge in [0, 0.05) is 0 Å². The predicted octanol–water partition coefficient (Wildman–Crippen LogP) is 3.35. The lowest BCUT2D eigenvalue weighted by atomic mass is 10.0. The summed E-state index contributed by atoms with van der Waals surface area (Å²) in [6, 6.07) is 12.7. The van der Waals surface area contributed by atoms with E-state index in [1.54, 1.807) is 19.2 Å². The molecule has 0 heterocycles. The molecule has 6 nitrogen and oxygen atoms in total. The minimum absolute atomic E-state index is 0.209. The van der Waals surface area contributed by atoms with Crippen LogP contribution in [0, 0.1) is 13.8 Å². The molecule has 0 spiro atoms. The van der Waals surface area contributed by atoms with Gasteiger partial charge in [0.25, 0.3) is 0 Å². The third-order valence-electron chi connectivity index (χ3n) is 4.44. The Bertz CT molecular complexity index is 904. The van der Waals surface area contributed by atoms with Gasteiger partial charge in [0.2, 0.25) is 15.9 Å². The molecule has 0 fully saturated rings. The van der Waals surface area contributed by atoms with Gasteiger partial charge in [-0.1, -0.05) is 25.1 Å². The summed E-state index contributed by atoms with van der Waals surface area (Å²) in [4.78, 5) is 12.7. The fourth-order valence-corrected chi connectivity index (χ4v) is 3.96. The van der Waals surface area contributed by atoms with Crippen molar-refractivity contribution in [1.82, 2.24) is 5.32 Å². The Kier molecular flexibility index (Phi) is 7.07. The van der Waals surface area contributed by atoms with Gasteiger partial charge in [-0.3, -0.25) is 9.10 Å². The van der Waals surface area contributed by atoms with Crippen LogP contribution >= 0.6 is 0 Å². The zero-order chi connectivity index (χ0) is 20.9. The number of carbonyl (C=O) groups is 1. The first-order valence-electron chi connectivity index (χ1n) is 9.13. The quantitative estimate of drug-likeness (QED) is 0.732. The summed E-state index contributed by atoms with van der Waals surface area (Å²) in [6.45, 7) is 5.49. The summed E-state index contributed by atoms with van der Waals surface area (Å²) < 4.78 is 30.9. The number of hydrogen-bond donors (Lipinski definition) is 1. The molecule has 0 radical (unpaired) electrons. The fourth-order valence-electron chi connectivity index (χ4n) is 3.12. The van der Waals surface area contributed by atoms with Crippen LogP contribution in [-0.4, -0.2) is 34.2 Å². The second-order valence-corrected chi connectivity index (χ2v) is 8.82. The molecule has 28 heavy (non-hydrogen) atoms. The fraction of sp³-hybridized carbons (Fsp3) is 0.381. The Balaban J connectivity index is 2.20. The molecular weight excluding hydrogens is 376 g/mol. The van der Waals surface area contributed by atoms with Crippen molar-refractivity contribution in [2.24, 2.45) is 0 Å². The Morgan fingerprint density at radius 1 is 1.11 bits per heavy atom. The number of nitrogens with one attached hydrogen (secondary N) is 1. The van der Waals surface area contributed by atoms with Gasteiger partial charge in [-0.25, -0.2) is 8.42 Å². The number of anilines is 1. The van der Waals surface area contributed by atoms with Gasteiger partial charge >= 0.3 is 0 Å². The van der Waals surface area contributed by atoms with E-state index in [9.17, 15) is 13.2 Å². The SMILES string of the molecule is CC[C@H](NC(=O)CN(c1cc(C)cc(C)c1)S(C)(=O)=O)c1ccc(OC)cc1. The van der Waals surface area contributed by atoms with Crippen molar-refractivity contribution in [3.63, 3.8) is 0 Å². The summed E-state index contributed by atoms with van der Waals surface area (Å²) in [5, 5.41) is 2.94. The highest BCUT2D eigenvalue weighted by Crippen LogP contribution is 2.23.